The van der Waals surface area contributed by atoms with Crippen LogP contribution < -0.4 is 0 Å². The Balaban J connectivity index is 2.53. The second-order valence-corrected chi connectivity index (χ2v) is 9.19. The fourth-order valence-electron chi connectivity index (χ4n) is 2.68. The van der Waals surface area contributed by atoms with Gasteiger partial charge in [0.05, 0.1) is 11.5 Å². The van der Waals surface area contributed by atoms with Crippen LogP contribution in [0.25, 0.3) is 0 Å². The lowest BCUT2D eigenvalue weighted by Crippen LogP contribution is -2.38. The molecule has 1 rings (SSSR count). The zero-order chi connectivity index (χ0) is 15.3. The van der Waals surface area contributed by atoms with Crippen LogP contribution in [0.1, 0.15) is 47.0 Å². The zero-order valence-corrected chi connectivity index (χ0v) is 14.1. The van der Waals surface area contributed by atoms with E-state index in [2.05, 4.69) is 27.7 Å². The van der Waals surface area contributed by atoms with E-state index in [-0.39, 0.29) is 23.3 Å². The van der Waals surface area contributed by atoms with Gasteiger partial charge in [-0.25, -0.2) is 8.42 Å². The smallest absolute Gasteiger partial charge is 0.222 e. The molecule has 0 aliphatic carbocycles. The van der Waals surface area contributed by atoms with Crippen LogP contribution in [0.4, 0.5) is 0 Å². The Hall–Kier alpha value is -0.580. The normalized spacial score (nSPS) is 19.5. The largest absolute Gasteiger partial charge is 0.342 e. The SMILES string of the molecule is CC(C)CN(CC(C)C)C(=O)CC1CCS(=O)(=O)CC1. The van der Waals surface area contributed by atoms with E-state index in [1.54, 1.807) is 0 Å². The van der Waals surface area contributed by atoms with Gasteiger partial charge in [0.2, 0.25) is 5.91 Å². The topological polar surface area (TPSA) is 54.5 Å². The first kappa shape index (κ1) is 17.5. The number of amides is 1. The molecule has 1 aliphatic heterocycles. The van der Waals surface area contributed by atoms with Crippen molar-refractivity contribution in [1.29, 1.82) is 0 Å². The summed E-state index contributed by atoms with van der Waals surface area (Å²) in [5.41, 5.74) is 0. The quantitative estimate of drug-likeness (QED) is 0.757. The van der Waals surface area contributed by atoms with Crippen molar-refractivity contribution in [2.45, 2.75) is 47.0 Å². The van der Waals surface area contributed by atoms with Crippen molar-refractivity contribution in [3.8, 4) is 0 Å². The molecule has 1 aliphatic rings. The van der Waals surface area contributed by atoms with Crippen molar-refractivity contribution < 1.29 is 13.2 Å². The van der Waals surface area contributed by atoms with E-state index >= 15 is 0 Å². The minimum Gasteiger partial charge on any atom is -0.342 e. The third-order valence-electron chi connectivity index (χ3n) is 3.66. The monoisotopic (exact) mass is 303 g/mol. The van der Waals surface area contributed by atoms with Crippen LogP contribution in [-0.2, 0) is 14.6 Å². The molecule has 1 amide bonds. The third-order valence-corrected chi connectivity index (χ3v) is 5.38. The summed E-state index contributed by atoms with van der Waals surface area (Å²) in [6, 6.07) is 0. The molecule has 0 N–H and O–H groups in total. The van der Waals surface area contributed by atoms with E-state index in [1.807, 2.05) is 4.90 Å². The van der Waals surface area contributed by atoms with E-state index in [1.165, 1.54) is 0 Å². The minimum atomic E-state index is -2.83. The molecule has 0 aromatic carbocycles. The highest BCUT2D eigenvalue weighted by molar-refractivity contribution is 7.91. The molecule has 0 atom stereocenters. The van der Waals surface area contributed by atoms with E-state index in [0.717, 1.165) is 13.1 Å². The Morgan fingerprint density at radius 3 is 1.90 bits per heavy atom. The maximum Gasteiger partial charge on any atom is 0.222 e. The van der Waals surface area contributed by atoms with Gasteiger partial charge in [0.25, 0.3) is 0 Å². The van der Waals surface area contributed by atoms with Crippen LogP contribution in [-0.4, -0.2) is 43.8 Å². The first-order valence-corrected chi connectivity index (χ1v) is 9.50. The van der Waals surface area contributed by atoms with E-state index in [4.69, 9.17) is 0 Å². The minimum absolute atomic E-state index is 0.191. The predicted molar refractivity (Wildman–Crippen MR) is 82.3 cm³/mol. The Bertz CT molecular complexity index is 391. The van der Waals surface area contributed by atoms with Gasteiger partial charge in [0.1, 0.15) is 9.84 Å². The summed E-state index contributed by atoms with van der Waals surface area (Å²) in [6.07, 6.45) is 1.80. The summed E-state index contributed by atoms with van der Waals surface area (Å²) in [5, 5.41) is 0. The van der Waals surface area contributed by atoms with Gasteiger partial charge >= 0.3 is 0 Å². The first-order chi connectivity index (χ1) is 9.19. The van der Waals surface area contributed by atoms with Crippen molar-refractivity contribution in [1.82, 2.24) is 4.90 Å². The molecular formula is C15H29NO3S. The summed E-state index contributed by atoms with van der Waals surface area (Å²) in [6.45, 7) is 10.1. The Kier molecular flexibility index (Phi) is 6.49. The number of nitrogens with zero attached hydrogens (tertiary/aromatic N) is 1. The average molecular weight is 303 g/mol. The van der Waals surface area contributed by atoms with Crippen LogP contribution >= 0.6 is 0 Å². The summed E-state index contributed by atoms with van der Waals surface area (Å²) < 4.78 is 22.8. The molecular weight excluding hydrogens is 274 g/mol. The van der Waals surface area contributed by atoms with E-state index in [9.17, 15) is 13.2 Å². The van der Waals surface area contributed by atoms with Crippen molar-refractivity contribution in [2.75, 3.05) is 24.6 Å². The molecule has 0 spiro atoms. The van der Waals surface area contributed by atoms with Crippen LogP contribution in [0.5, 0.6) is 0 Å². The summed E-state index contributed by atoms with van der Waals surface area (Å²) in [7, 11) is -2.83. The van der Waals surface area contributed by atoms with Gasteiger partial charge < -0.3 is 4.90 Å². The van der Waals surface area contributed by atoms with Gasteiger partial charge in [-0.2, -0.15) is 0 Å². The standard InChI is InChI=1S/C15H29NO3S/c1-12(2)10-16(11-13(3)4)15(17)9-14-5-7-20(18,19)8-6-14/h12-14H,5-11H2,1-4H3. The number of hydrogen-bond acceptors (Lipinski definition) is 3. The molecule has 0 radical (unpaired) electrons. The molecule has 1 saturated heterocycles. The first-order valence-electron chi connectivity index (χ1n) is 7.68. The Labute approximate surface area is 123 Å². The number of rotatable bonds is 6. The number of sulfone groups is 1. The van der Waals surface area contributed by atoms with Crippen LogP contribution in [0, 0.1) is 17.8 Å². The lowest BCUT2D eigenvalue weighted by atomic mass is 9.97. The average Bonchev–Trinajstić information content (AvgIpc) is 2.29. The molecule has 1 heterocycles. The molecule has 0 saturated carbocycles. The molecule has 118 valence electrons. The molecule has 0 unspecified atom stereocenters. The van der Waals surface area contributed by atoms with Crippen molar-refractivity contribution in [2.24, 2.45) is 17.8 Å². The summed E-state index contributed by atoms with van der Waals surface area (Å²) in [4.78, 5) is 14.4. The maximum absolute atomic E-state index is 12.4. The van der Waals surface area contributed by atoms with E-state index < -0.39 is 9.84 Å². The number of carbonyl (C=O) groups excluding carboxylic acids is 1. The fourth-order valence-corrected chi connectivity index (χ4v) is 4.27. The number of carbonyl (C=O) groups is 1. The van der Waals surface area contributed by atoms with Gasteiger partial charge in [0.15, 0.2) is 0 Å². The van der Waals surface area contributed by atoms with Gasteiger partial charge in [0, 0.05) is 19.5 Å². The highest BCUT2D eigenvalue weighted by Crippen LogP contribution is 2.23. The summed E-state index contributed by atoms with van der Waals surface area (Å²) >= 11 is 0. The van der Waals surface area contributed by atoms with Gasteiger partial charge in [-0.1, -0.05) is 27.7 Å². The van der Waals surface area contributed by atoms with Crippen LogP contribution in [0.2, 0.25) is 0 Å². The lowest BCUT2D eigenvalue weighted by molar-refractivity contribution is -0.133. The Morgan fingerprint density at radius 2 is 1.50 bits per heavy atom. The van der Waals surface area contributed by atoms with Gasteiger partial charge in [-0.3, -0.25) is 4.79 Å². The molecule has 5 heteroatoms. The molecule has 1 fully saturated rings. The van der Waals surface area contributed by atoms with Crippen LogP contribution in [0.3, 0.4) is 0 Å². The predicted octanol–water partition coefficient (Wildman–Crippen LogP) is 2.34. The van der Waals surface area contributed by atoms with Gasteiger partial charge in [-0.05, 0) is 30.6 Å². The van der Waals surface area contributed by atoms with Crippen LogP contribution in [0.15, 0.2) is 0 Å². The fraction of sp³-hybridized carbons (Fsp3) is 0.933. The van der Waals surface area contributed by atoms with Crippen molar-refractivity contribution in [3.63, 3.8) is 0 Å². The molecule has 20 heavy (non-hydrogen) atoms. The number of hydrogen-bond donors (Lipinski definition) is 0. The van der Waals surface area contributed by atoms with E-state index in [0.29, 0.717) is 31.1 Å². The highest BCUT2D eigenvalue weighted by atomic mass is 32.2. The summed E-state index contributed by atoms with van der Waals surface area (Å²) in [5.74, 6) is 1.86. The Morgan fingerprint density at radius 1 is 1.05 bits per heavy atom. The molecule has 0 bridgehead atoms. The molecule has 4 nitrogen and oxygen atoms in total. The van der Waals surface area contributed by atoms with Crippen molar-refractivity contribution >= 4 is 15.7 Å². The van der Waals surface area contributed by atoms with Gasteiger partial charge in [-0.15, -0.1) is 0 Å². The zero-order valence-electron chi connectivity index (χ0n) is 13.3. The molecule has 0 aromatic rings. The van der Waals surface area contributed by atoms with Crippen molar-refractivity contribution in [3.05, 3.63) is 0 Å². The molecule has 0 aromatic heterocycles. The lowest BCUT2D eigenvalue weighted by Gasteiger charge is -2.29. The maximum atomic E-state index is 12.4. The third kappa shape index (κ3) is 6.25. The second-order valence-electron chi connectivity index (χ2n) is 6.89. The second kappa shape index (κ2) is 7.43. The highest BCUT2D eigenvalue weighted by Gasteiger charge is 2.27.